The van der Waals surface area contributed by atoms with Crippen LogP contribution >= 0.6 is 27.5 Å². The molecule has 1 aromatic heterocycles. The van der Waals surface area contributed by atoms with E-state index in [9.17, 15) is 0 Å². The van der Waals surface area contributed by atoms with Crippen molar-refractivity contribution in [3.8, 4) is 0 Å². The minimum atomic E-state index is 0.675. The topological polar surface area (TPSA) is 40.7 Å². The van der Waals surface area contributed by atoms with Gasteiger partial charge >= 0.3 is 0 Å². The first-order valence-corrected chi connectivity index (χ1v) is 6.02. The minimum absolute atomic E-state index is 0.675. The highest BCUT2D eigenvalue weighted by molar-refractivity contribution is 9.10. The number of hydrogen-bond donors (Lipinski definition) is 2. The number of anilines is 1. The maximum absolute atomic E-state index is 6.00. The first-order chi connectivity index (χ1) is 7.68. The number of hydrogen-bond acceptors (Lipinski definition) is 2. The molecule has 3 nitrogen and oxygen atoms in total. The standard InChI is InChI=1S/C11H11BrClN3/c1-7-10(16-6-15-7)5-14-9-4-2-3-8(13)11(9)12/h2-4,6,14H,5H2,1H3,(H,15,16). The first kappa shape index (κ1) is 11.5. The molecule has 2 rings (SSSR count). The lowest BCUT2D eigenvalue weighted by Gasteiger charge is -2.08. The van der Waals surface area contributed by atoms with E-state index in [1.54, 1.807) is 6.33 Å². The maximum Gasteiger partial charge on any atom is 0.0925 e. The fraction of sp³-hybridized carbons (Fsp3) is 0.182. The third kappa shape index (κ3) is 2.39. The molecule has 0 amide bonds. The Labute approximate surface area is 107 Å². The number of benzene rings is 1. The van der Waals surface area contributed by atoms with E-state index in [-0.39, 0.29) is 0 Å². The Bertz CT molecular complexity index is 496. The van der Waals surface area contributed by atoms with Crippen LogP contribution in [0.25, 0.3) is 0 Å². The molecule has 0 spiro atoms. The molecule has 16 heavy (non-hydrogen) atoms. The van der Waals surface area contributed by atoms with Crippen LogP contribution in [0.15, 0.2) is 29.0 Å². The van der Waals surface area contributed by atoms with Crippen molar-refractivity contribution in [2.75, 3.05) is 5.32 Å². The van der Waals surface area contributed by atoms with E-state index >= 15 is 0 Å². The molecule has 0 atom stereocenters. The van der Waals surface area contributed by atoms with E-state index in [0.717, 1.165) is 21.5 Å². The molecule has 0 fully saturated rings. The zero-order valence-corrected chi connectivity index (χ0v) is 11.1. The normalized spacial score (nSPS) is 10.4. The highest BCUT2D eigenvalue weighted by Crippen LogP contribution is 2.30. The summed E-state index contributed by atoms with van der Waals surface area (Å²) in [6.45, 7) is 2.67. The number of rotatable bonds is 3. The van der Waals surface area contributed by atoms with Gasteiger partial charge in [0.05, 0.1) is 33.7 Å². The molecule has 0 unspecified atom stereocenters. The van der Waals surface area contributed by atoms with Gasteiger partial charge in [-0.1, -0.05) is 17.7 Å². The highest BCUT2D eigenvalue weighted by Gasteiger charge is 2.05. The Morgan fingerprint density at radius 1 is 1.50 bits per heavy atom. The maximum atomic E-state index is 6.00. The van der Waals surface area contributed by atoms with Gasteiger partial charge in [-0.15, -0.1) is 0 Å². The summed E-state index contributed by atoms with van der Waals surface area (Å²) < 4.78 is 0.879. The van der Waals surface area contributed by atoms with Gasteiger partial charge in [0.25, 0.3) is 0 Å². The summed E-state index contributed by atoms with van der Waals surface area (Å²) in [5, 5.41) is 3.98. The van der Waals surface area contributed by atoms with Gasteiger partial charge in [-0.05, 0) is 35.0 Å². The lowest BCUT2D eigenvalue weighted by molar-refractivity contribution is 1.05. The van der Waals surface area contributed by atoms with Crippen LogP contribution in [-0.2, 0) is 6.54 Å². The average Bonchev–Trinajstić information content (AvgIpc) is 2.67. The molecule has 5 heteroatoms. The van der Waals surface area contributed by atoms with E-state index in [4.69, 9.17) is 11.6 Å². The number of nitrogens with one attached hydrogen (secondary N) is 2. The van der Waals surface area contributed by atoms with E-state index in [0.29, 0.717) is 11.6 Å². The molecule has 0 radical (unpaired) electrons. The fourth-order valence-corrected chi connectivity index (χ4v) is 1.96. The van der Waals surface area contributed by atoms with Crippen molar-refractivity contribution < 1.29 is 0 Å². The molecule has 0 aliphatic heterocycles. The summed E-state index contributed by atoms with van der Waals surface area (Å²) in [4.78, 5) is 7.26. The molecule has 2 aromatic rings. The summed E-state index contributed by atoms with van der Waals surface area (Å²) in [5.74, 6) is 0. The predicted octanol–water partition coefficient (Wildman–Crippen LogP) is 3.75. The van der Waals surface area contributed by atoms with E-state index < -0.39 is 0 Å². The fourth-order valence-electron chi connectivity index (χ4n) is 1.38. The van der Waals surface area contributed by atoms with Crippen molar-refractivity contribution >= 4 is 33.2 Å². The van der Waals surface area contributed by atoms with Gasteiger partial charge in [-0.25, -0.2) is 4.98 Å². The van der Waals surface area contributed by atoms with Gasteiger partial charge in [0.15, 0.2) is 0 Å². The Morgan fingerprint density at radius 2 is 2.31 bits per heavy atom. The number of aromatic amines is 1. The van der Waals surface area contributed by atoms with E-state index in [1.165, 1.54) is 0 Å². The van der Waals surface area contributed by atoms with Gasteiger partial charge in [0.2, 0.25) is 0 Å². The lowest BCUT2D eigenvalue weighted by atomic mass is 10.3. The molecule has 0 bridgehead atoms. The smallest absolute Gasteiger partial charge is 0.0925 e. The van der Waals surface area contributed by atoms with Crippen molar-refractivity contribution in [3.05, 3.63) is 45.4 Å². The van der Waals surface area contributed by atoms with Crippen molar-refractivity contribution in [2.24, 2.45) is 0 Å². The first-order valence-electron chi connectivity index (χ1n) is 4.85. The summed E-state index contributed by atoms with van der Waals surface area (Å²) in [6, 6.07) is 5.72. The van der Waals surface area contributed by atoms with E-state index in [2.05, 4.69) is 31.2 Å². The molecule has 1 aromatic carbocycles. The van der Waals surface area contributed by atoms with E-state index in [1.807, 2.05) is 25.1 Å². The Kier molecular flexibility index (Phi) is 3.51. The number of nitrogens with zero attached hydrogens (tertiary/aromatic N) is 1. The second kappa shape index (κ2) is 4.89. The third-order valence-corrected chi connectivity index (χ3v) is 3.73. The van der Waals surface area contributed by atoms with Crippen molar-refractivity contribution in [1.29, 1.82) is 0 Å². The van der Waals surface area contributed by atoms with Crippen LogP contribution in [0.3, 0.4) is 0 Å². The molecule has 1 heterocycles. The largest absolute Gasteiger partial charge is 0.378 e. The molecule has 2 N–H and O–H groups in total. The van der Waals surface area contributed by atoms with Crippen LogP contribution in [0.5, 0.6) is 0 Å². The van der Waals surface area contributed by atoms with Gasteiger partial charge in [0, 0.05) is 5.69 Å². The third-order valence-electron chi connectivity index (χ3n) is 2.33. The lowest BCUT2D eigenvalue weighted by Crippen LogP contribution is -2.01. The molecule has 0 saturated carbocycles. The zero-order chi connectivity index (χ0) is 11.5. The molecule has 0 aliphatic carbocycles. The number of aryl methyl sites for hydroxylation is 1. The summed E-state index contributed by atoms with van der Waals surface area (Å²) in [6.07, 6.45) is 1.69. The van der Waals surface area contributed by atoms with Crippen LogP contribution in [-0.4, -0.2) is 9.97 Å². The summed E-state index contributed by atoms with van der Waals surface area (Å²) in [5.41, 5.74) is 3.05. The van der Waals surface area contributed by atoms with Crippen LogP contribution in [0.4, 0.5) is 5.69 Å². The number of aromatic nitrogens is 2. The van der Waals surface area contributed by atoms with Gasteiger partial charge in [-0.3, -0.25) is 0 Å². The average molecular weight is 301 g/mol. The van der Waals surface area contributed by atoms with Crippen LogP contribution < -0.4 is 5.32 Å². The quantitative estimate of drug-likeness (QED) is 0.906. The monoisotopic (exact) mass is 299 g/mol. The van der Waals surface area contributed by atoms with Crippen LogP contribution in [0.2, 0.25) is 5.02 Å². The SMILES string of the molecule is Cc1[nH]cnc1CNc1cccc(Cl)c1Br. The van der Waals surface area contributed by atoms with Crippen molar-refractivity contribution in [1.82, 2.24) is 9.97 Å². The Hall–Kier alpha value is -1.000. The predicted molar refractivity (Wildman–Crippen MR) is 69.8 cm³/mol. The molecule has 0 aliphatic rings. The van der Waals surface area contributed by atoms with Crippen molar-refractivity contribution in [3.63, 3.8) is 0 Å². The van der Waals surface area contributed by atoms with Gasteiger partial charge in [-0.2, -0.15) is 0 Å². The number of H-pyrrole nitrogens is 1. The molecular formula is C11H11BrClN3. The molecule has 84 valence electrons. The second-order valence-corrected chi connectivity index (χ2v) is 4.63. The minimum Gasteiger partial charge on any atom is -0.378 e. The summed E-state index contributed by atoms with van der Waals surface area (Å²) in [7, 11) is 0. The van der Waals surface area contributed by atoms with Crippen LogP contribution in [0.1, 0.15) is 11.4 Å². The molecule has 0 saturated heterocycles. The molecular weight excluding hydrogens is 289 g/mol. The second-order valence-electron chi connectivity index (χ2n) is 3.43. The number of imidazole rings is 1. The highest BCUT2D eigenvalue weighted by atomic mass is 79.9. The number of halogens is 2. The Balaban J connectivity index is 2.11. The van der Waals surface area contributed by atoms with Crippen LogP contribution in [0, 0.1) is 6.92 Å². The van der Waals surface area contributed by atoms with Crippen molar-refractivity contribution in [2.45, 2.75) is 13.5 Å². The van der Waals surface area contributed by atoms with Gasteiger partial charge < -0.3 is 10.3 Å². The Morgan fingerprint density at radius 3 is 3.00 bits per heavy atom. The zero-order valence-electron chi connectivity index (χ0n) is 8.72. The summed E-state index contributed by atoms with van der Waals surface area (Å²) >= 11 is 9.44. The van der Waals surface area contributed by atoms with Gasteiger partial charge in [0.1, 0.15) is 0 Å².